The van der Waals surface area contributed by atoms with E-state index < -0.39 is 5.66 Å². The zero-order valence-corrected chi connectivity index (χ0v) is 6.02. The monoisotopic (exact) mass is 149 g/mol. The Hall–Kier alpha value is -1.52. The number of rotatable bonds is 0. The quantitative estimate of drug-likeness (QED) is 0.499. The molecule has 2 rings (SSSR count). The summed E-state index contributed by atoms with van der Waals surface area (Å²) in [6.45, 7) is 1.84. The molecule has 0 aromatic heterocycles. The Bertz CT molecular complexity index is 311. The summed E-state index contributed by atoms with van der Waals surface area (Å²) in [7, 11) is 0. The van der Waals surface area contributed by atoms with Crippen molar-refractivity contribution in [2.24, 2.45) is 25.7 Å². The predicted molar refractivity (Wildman–Crippen MR) is 44.4 cm³/mol. The maximum atomic E-state index is 5.40. The standard InChI is InChI=1S/C6H7N5/c1-6-4(9-3-10-6)2-8-5(7)11-6/h2-3H,1H3,(H2,7,11). The van der Waals surface area contributed by atoms with E-state index in [0.717, 1.165) is 5.71 Å². The zero-order valence-electron chi connectivity index (χ0n) is 6.02. The van der Waals surface area contributed by atoms with E-state index in [1.165, 1.54) is 6.34 Å². The van der Waals surface area contributed by atoms with Crippen LogP contribution >= 0.6 is 0 Å². The minimum atomic E-state index is -0.605. The Morgan fingerprint density at radius 3 is 3.18 bits per heavy atom. The molecule has 5 nitrogen and oxygen atoms in total. The molecule has 0 bridgehead atoms. The van der Waals surface area contributed by atoms with Crippen LogP contribution in [0, 0.1) is 0 Å². The summed E-state index contributed by atoms with van der Waals surface area (Å²) in [6.07, 6.45) is 3.07. The third kappa shape index (κ3) is 0.772. The van der Waals surface area contributed by atoms with Crippen LogP contribution in [-0.4, -0.2) is 29.9 Å². The van der Waals surface area contributed by atoms with Gasteiger partial charge < -0.3 is 5.73 Å². The molecule has 1 atom stereocenters. The Morgan fingerprint density at radius 2 is 2.36 bits per heavy atom. The third-order valence-electron chi connectivity index (χ3n) is 1.64. The number of fused-ring (bicyclic) bond motifs is 1. The Labute approximate surface area is 63.5 Å². The average molecular weight is 149 g/mol. The second-order valence-corrected chi connectivity index (χ2v) is 2.51. The van der Waals surface area contributed by atoms with E-state index in [4.69, 9.17) is 5.73 Å². The van der Waals surface area contributed by atoms with Gasteiger partial charge >= 0.3 is 0 Å². The minimum Gasteiger partial charge on any atom is -0.368 e. The van der Waals surface area contributed by atoms with Gasteiger partial charge in [-0.2, -0.15) is 0 Å². The fourth-order valence-corrected chi connectivity index (χ4v) is 1.01. The summed E-state index contributed by atoms with van der Waals surface area (Å²) in [5, 5.41) is 0. The number of hydrogen-bond acceptors (Lipinski definition) is 5. The molecule has 0 saturated heterocycles. The minimum absolute atomic E-state index is 0.255. The summed E-state index contributed by atoms with van der Waals surface area (Å²) in [5.74, 6) is 0.255. The van der Waals surface area contributed by atoms with Crippen molar-refractivity contribution in [3.63, 3.8) is 0 Å². The topological polar surface area (TPSA) is 75.5 Å². The molecule has 2 N–H and O–H groups in total. The summed E-state index contributed by atoms with van der Waals surface area (Å²) in [5.41, 5.74) is 5.54. The SMILES string of the molecule is CC12N=CN=C1C=NC(N)=N2. The number of hydrogen-bond donors (Lipinski definition) is 1. The number of guanidine groups is 1. The molecule has 0 fully saturated rings. The van der Waals surface area contributed by atoms with Crippen molar-refractivity contribution in [2.75, 3.05) is 0 Å². The Morgan fingerprint density at radius 1 is 1.55 bits per heavy atom. The van der Waals surface area contributed by atoms with E-state index in [1.54, 1.807) is 6.21 Å². The molecular formula is C6H7N5. The van der Waals surface area contributed by atoms with Crippen molar-refractivity contribution in [3.05, 3.63) is 0 Å². The van der Waals surface area contributed by atoms with Crippen LogP contribution in [0.1, 0.15) is 6.92 Å². The van der Waals surface area contributed by atoms with Gasteiger partial charge in [0.25, 0.3) is 0 Å². The van der Waals surface area contributed by atoms with Crippen LogP contribution in [0.5, 0.6) is 0 Å². The Kier molecular flexibility index (Phi) is 0.986. The van der Waals surface area contributed by atoms with Gasteiger partial charge in [0.15, 0.2) is 5.66 Å². The number of nitrogens with zero attached hydrogens (tertiary/aromatic N) is 4. The van der Waals surface area contributed by atoms with Gasteiger partial charge in [-0.05, 0) is 6.92 Å². The van der Waals surface area contributed by atoms with E-state index in [9.17, 15) is 0 Å². The highest BCUT2D eigenvalue weighted by molar-refractivity contribution is 6.39. The van der Waals surface area contributed by atoms with Crippen LogP contribution in [-0.2, 0) is 0 Å². The summed E-state index contributed by atoms with van der Waals surface area (Å²) >= 11 is 0. The fraction of sp³-hybridized carbons (Fsp3) is 0.333. The lowest BCUT2D eigenvalue weighted by Gasteiger charge is -2.18. The lowest BCUT2D eigenvalue weighted by atomic mass is 10.1. The van der Waals surface area contributed by atoms with E-state index in [1.807, 2.05) is 6.92 Å². The van der Waals surface area contributed by atoms with Crippen molar-refractivity contribution in [1.82, 2.24) is 0 Å². The number of nitrogens with two attached hydrogens (primary N) is 1. The second-order valence-electron chi connectivity index (χ2n) is 2.51. The molecule has 0 aromatic rings. The van der Waals surface area contributed by atoms with Crippen LogP contribution < -0.4 is 5.73 Å². The van der Waals surface area contributed by atoms with Gasteiger partial charge in [-0.3, -0.25) is 0 Å². The van der Waals surface area contributed by atoms with Crippen LogP contribution in [0.25, 0.3) is 0 Å². The molecule has 11 heavy (non-hydrogen) atoms. The van der Waals surface area contributed by atoms with E-state index in [0.29, 0.717) is 0 Å². The summed E-state index contributed by atoms with van der Waals surface area (Å²) in [4.78, 5) is 15.9. The molecule has 0 spiro atoms. The average Bonchev–Trinajstić information content (AvgIpc) is 2.28. The van der Waals surface area contributed by atoms with Gasteiger partial charge in [-0.25, -0.2) is 20.0 Å². The van der Waals surface area contributed by atoms with E-state index >= 15 is 0 Å². The van der Waals surface area contributed by atoms with Gasteiger partial charge in [0, 0.05) is 0 Å². The molecule has 56 valence electrons. The maximum Gasteiger partial charge on any atom is 0.218 e. The van der Waals surface area contributed by atoms with Gasteiger partial charge in [0.05, 0.1) is 6.21 Å². The van der Waals surface area contributed by atoms with Gasteiger partial charge in [-0.15, -0.1) is 0 Å². The fourth-order valence-electron chi connectivity index (χ4n) is 1.01. The molecule has 5 heteroatoms. The van der Waals surface area contributed by atoms with E-state index in [2.05, 4.69) is 20.0 Å². The molecular weight excluding hydrogens is 142 g/mol. The molecule has 0 amide bonds. The highest BCUT2D eigenvalue weighted by atomic mass is 15.2. The molecule has 0 aliphatic carbocycles. The normalized spacial score (nSPS) is 33.2. The highest BCUT2D eigenvalue weighted by Gasteiger charge is 2.33. The number of aliphatic imine (C=N–C) groups is 4. The molecule has 0 saturated carbocycles. The van der Waals surface area contributed by atoms with Crippen molar-refractivity contribution in [3.8, 4) is 0 Å². The van der Waals surface area contributed by atoms with E-state index in [-0.39, 0.29) is 5.96 Å². The zero-order chi connectivity index (χ0) is 7.90. The van der Waals surface area contributed by atoms with Crippen molar-refractivity contribution >= 4 is 24.2 Å². The molecule has 2 heterocycles. The lowest BCUT2D eigenvalue weighted by Crippen LogP contribution is -2.35. The van der Waals surface area contributed by atoms with Crippen LogP contribution in [0.15, 0.2) is 20.0 Å². The van der Waals surface area contributed by atoms with Gasteiger partial charge in [0.1, 0.15) is 12.1 Å². The van der Waals surface area contributed by atoms with Crippen LogP contribution in [0.4, 0.5) is 0 Å². The predicted octanol–water partition coefficient (Wildman–Crippen LogP) is -0.415. The first-order valence-corrected chi connectivity index (χ1v) is 3.22. The first-order chi connectivity index (χ1) is 5.21. The van der Waals surface area contributed by atoms with Gasteiger partial charge in [0.2, 0.25) is 5.96 Å². The molecule has 1 unspecified atom stereocenters. The smallest absolute Gasteiger partial charge is 0.218 e. The molecule has 0 aromatic carbocycles. The van der Waals surface area contributed by atoms with Crippen molar-refractivity contribution < 1.29 is 0 Å². The van der Waals surface area contributed by atoms with Crippen LogP contribution in [0.2, 0.25) is 0 Å². The second kappa shape index (κ2) is 1.75. The maximum absolute atomic E-state index is 5.40. The van der Waals surface area contributed by atoms with Gasteiger partial charge in [-0.1, -0.05) is 0 Å². The first-order valence-electron chi connectivity index (χ1n) is 3.22. The highest BCUT2D eigenvalue weighted by Crippen LogP contribution is 2.19. The lowest BCUT2D eigenvalue weighted by molar-refractivity contribution is 0.683. The molecule has 2 aliphatic heterocycles. The van der Waals surface area contributed by atoms with Crippen LogP contribution in [0.3, 0.4) is 0 Å². The molecule has 2 aliphatic rings. The summed E-state index contributed by atoms with van der Waals surface area (Å²) in [6, 6.07) is 0. The first kappa shape index (κ1) is 6.21. The Balaban J connectivity index is 2.51. The van der Waals surface area contributed by atoms with Crippen molar-refractivity contribution in [1.29, 1.82) is 0 Å². The van der Waals surface area contributed by atoms with Crippen molar-refractivity contribution in [2.45, 2.75) is 12.6 Å². The largest absolute Gasteiger partial charge is 0.368 e. The third-order valence-corrected chi connectivity index (χ3v) is 1.64. The summed E-state index contributed by atoms with van der Waals surface area (Å²) < 4.78 is 0. The molecule has 0 radical (unpaired) electrons.